The molecule has 0 fully saturated rings. The fourth-order valence-electron chi connectivity index (χ4n) is 2.65. The smallest absolute Gasteiger partial charge is 0.270 e. The van der Waals surface area contributed by atoms with E-state index in [1.807, 2.05) is 17.5 Å². The van der Waals surface area contributed by atoms with E-state index in [1.54, 1.807) is 0 Å². The lowest BCUT2D eigenvalue weighted by atomic mass is 9.97. The minimum absolute atomic E-state index is 0.0329. The molecule has 0 aliphatic carbocycles. The number of anilines is 1. The molecule has 3 aromatic rings. The standard InChI is InChI=1S/C20H18ClN3O3S/c1-3-12(2)13-4-6-14(7-5-13)18-11-28-20(22-18)23-19(25)16-10-15(24(26)27)8-9-17(16)21/h4-12H,3H2,1-2H3,(H,22,23,25). The Hall–Kier alpha value is -2.77. The summed E-state index contributed by atoms with van der Waals surface area (Å²) in [5.74, 6) is -0.0410. The lowest BCUT2D eigenvalue weighted by Crippen LogP contribution is -2.12. The topological polar surface area (TPSA) is 85.1 Å². The first-order chi connectivity index (χ1) is 13.4. The molecule has 8 heteroatoms. The maximum Gasteiger partial charge on any atom is 0.270 e. The molecule has 0 spiro atoms. The van der Waals surface area contributed by atoms with Gasteiger partial charge in [-0.2, -0.15) is 0 Å². The average molecular weight is 416 g/mol. The van der Waals surface area contributed by atoms with Gasteiger partial charge in [-0.25, -0.2) is 4.98 Å². The predicted octanol–water partition coefficient (Wildman–Crippen LogP) is 6.14. The van der Waals surface area contributed by atoms with Crippen molar-refractivity contribution in [2.24, 2.45) is 0 Å². The molecule has 28 heavy (non-hydrogen) atoms. The number of nitrogens with zero attached hydrogens (tertiary/aromatic N) is 2. The molecule has 0 saturated heterocycles. The second kappa shape index (κ2) is 8.50. The molecular formula is C20H18ClN3O3S. The molecule has 1 heterocycles. The van der Waals surface area contributed by atoms with Gasteiger partial charge in [0.1, 0.15) is 0 Å². The molecule has 0 saturated carbocycles. The van der Waals surface area contributed by atoms with Gasteiger partial charge in [0, 0.05) is 23.1 Å². The number of nitro groups is 1. The fraction of sp³-hybridized carbons (Fsp3) is 0.200. The van der Waals surface area contributed by atoms with Crippen molar-refractivity contribution in [3.63, 3.8) is 0 Å². The number of thiazole rings is 1. The highest BCUT2D eigenvalue weighted by molar-refractivity contribution is 7.14. The van der Waals surface area contributed by atoms with Gasteiger partial charge in [-0.3, -0.25) is 20.2 Å². The Labute approximate surface area is 171 Å². The number of carbonyl (C=O) groups is 1. The first-order valence-corrected chi connectivity index (χ1v) is 9.96. The normalized spacial score (nSPS) is 11.8. The largest absolute Gasteiger partial charge is 0.298 e. The molecule has 6 nitrogen and oxygen atoms in total. The quantitative estimate of drug-likeness (QED) is 0.387. The van der Waals surface area contributed by atoms with Gasteiger partial charge in [0.25, 0.3) is 11.6 Å². The van der Waals surface area contributed by atoms with Gasteiger partial charge in [-0.15, -0.1) is 11.3 Å². The Kier molecular flexibility index (Phi) is 6.06. The van der Waals surface area contributed by atoms with Gasteiger partial charge < -0.3 is 0 Å². The Morgan fingerprint density at radius 2 is 2.00 bits per heavy atom. The molecule has 3 rings (SSSR count). The third-order valence-corrected chi connectivity index (χ3v) is 5.61. The van der Waals surface area contributed by atoms with Crippen LogP contribution < -0.4 is 5.32 Å². The number of carbonyl (C=O) groups excluding carboxylic acids is 1. The number of hydrogen-bond donors (Lipinski definition) is 1. The molecule has 0 bridgehead atoms. The van der Waals surface area contributed by atoms with Crippen LogP contribution in [0.4, 0.5) is 10.8 Å². The Morgan fingerprint density at radius 1 is 1.29 bits per heavy atom. The Morgan fingerprint density at radius 3 is 2.64 bits per heavy atom. The Balaban J connectivity index is 1.77. The van der Waals surface area contributed by atoms with E-state index < -0.39 is 10.8 Å². The van der Waals surface area contributed by atoms with Crippen molar-refractivity contribution in [1.29, 1.82) is 0 Å². The molecular weight excluding hydrogens is 398 g/mol. The van der Waals surface area contributed by atoms with Crippen LogP contribution in [-0.4, -0.2) is 15.8 Å². The highest BCUT2D eigenvalue weighted by Crippen LogP contribution is 2.28. The van der Waals surface area contributed by atoms with E-state index in [0.717, 1.165) is 23.7 Å². The number of amides is 1. The third kappa shape index (κ3) is 4.37. The van der Waals surface area contributed by atoms with E-state index in [4.69, 9.17) is 11.6 Å². The van der Waals surface area contributed by atoms with Crippen LogP contribution in [0.25, 0.3) is 11.3 Å². The molecule has 144 valence electrons. The zero-order valence-corrected chi connectivity index (χ0v) is 16.9. The van der Waals surface area contributed by atoms with Crippen LogP contribution in [0.3, 0.4) is 0 Å². The van der Waals surface area contributed by atoms with Gasteiger partial charge in [-0.1, -0.05) is 49.7 Å². The third-order valence-electron chi connectivity index (χ3n) is 4.52. The van der Waals surface area contributed by atoms with Gasteiger partial charge in [0.2, 0.25) is 0 Å². The number of aromatic nitrogens is 1. The summed E-state index contributed by atoms with van der Waals surface area (Å²) in [6.45, 7) is 4.34. The van der Waals surface area contributed by atoms with E-state index in [2.05, 4.69) is 36.3 Å². The summed E-state index contributed by atoms with van der Waals surface area (Å²) in [5.41, 5.74) is 2.81. The van der Waals surface area contributed by atoms with E-state index in [9.17, 15) is 14.9 Å². The summed E-state index contributed by atoms with van der Waals surface area (Å²) >= 11 is 7.29. The minimum atomic E-state index is -0.572. The monoisotopic (exact) mass is 415 g/mol. The summed E-state index contributed by atoms with van der Waals surface area (Å²) in [6.07, 6.45) is 1.08. The second-order valence-corrected chi connectivity index (χ2v) is 7.61. The minimum Gasteiger partial charge on any atom is -0.298 e. The average Bonchev–Trinajstić information content (AvgIpc) is 3.16. The van der Waals surface area contributed by atoms with Crippen LogP contribution in [0.5, 0.6) is 0 Å². The summed E-state index contributed by atoms with van der Waals surface area (Å²) in [7, 11) is 0. The van der Waals surface area contributed by atoms with E-state index in [-0.39, 0.29) is 16.3 Å². The van der Waals surface area contributed by atoms with E-state index in [0.29, 0.717) is 11.0 Å². The van der Waals surface area contributed by atoms with Crippen molar-refractivity contribution in [2.75, 3.05) is 5.32 Å². The maximum atomic E-state index is 12.5. The van der Waals surface area contributed by atoms with Crippen molar-refractivity contribution in [3.05, 3.63) is 74.1 Å². The molecule has 1 unspecified atom stereocenters. The molecule has 1 atom stereocenters. The summed E-state index contributed by atoms with van der Waals surface area (Å²) in [4.78, 5) is 27.2. The number of benzene rings is 2. The lowest BCUT2D eigenvalue weighted by Gasteiger charge is -2.09. The van der Waals surface area contributed by atoms with Gasteiger partial charge in [0.15, 0.2) is 5.13 Å². The van der Waals surface area contributed by atoms with Crippen molar-refractivity contribution < 1.29 is 9.72 Å². The summed E-state index contributed by atoms with van der Waals surface area (Å²) in [6, 6.07) is 11.9. The van der Waals surface area contributed by atoms with Crippen molar-refractivity contribution >= 4 is 39.7 Å². The van der Waals surface area contributed by atoms with Crippen molar-refractivity contribution in [2.45, 2.75) is 26.2 Å². The van der Waals surface area contributed by atoms with Crippen LogP contribution in [-0.2, 0) is 0 Å². The molecule has 0 aliphatic heterocycles. The molecule has 1 aromatic heterocycles. The SMILES string of the molecule is CCC(C)c1ccc(-c2csc(NC(=O)c3cc([N+](=O)[O-])ccc3Cl)n2)cc1. The van der Waals surface area contributed by atoms with E-state index in [1.165, 1.54) is 29.0 Å². The fourth-order valence-corrected chi connectivity index (χ4v) is 3.57. The number of nitrogens with one attached hydrogen (secondary N) is 1. The van der Waals surface area contributed by atoms with Crippen molar-refractivity contribution in [3.8, 4) is 11.3 Å². The molecule has 1 amide bonds. The van der Waals surface area contributed by atoms with Crippen LogP contribution >= 0.6 is 22.9 Å². The van der Waals surface area contributed by atoms with Gasteiger partial charge in [-0.05, 0) is 24.0 Å². The zero-order valence-electron chi connectivity index (χ0n) is 15.3. The van der Waals surface area contributed by atoms with Crippen LogP contribution in [0.1, 0.15) is 42.1 Å². The summed E-state index contributed by atoms with van der Waals surface area (Å²) < 4.78 is 0. The number of nitro benzene ring substituents is 1. The molecule has 0 radical (unpaired) electrons. The van der Waals surface area contributed by atoms with Crippen LogP contribution in [0.15, 0.2) is 47.8 Å². The zero-order chi connectivity index (χ0) is 20.3. The highest BCUT2D eigenvalue weighted by atomic mass is 35.5. The second-order valence-electron chi connectivity index (χ2n) is 6.34. The first-order valence-electron chi connectivity index (χ1n) is 8.70. The highest BCUT2D eigenvalue weighted by Gasteiger charge is 2.17. The van der Waals surface area contributed by atoms with Crippen molar-refractivity contribution in [1.82, 2.24) is 4.98 Å². The number of hydrogen-bond acceptors (Lipinski definition) is 5. The van der Waals surface area contributed by atoms with E-state index >= 15 is 0 Å². The van der Waals surface area contributed by atoms with Gasteiger partial charge >= 0.3 is 0 Å². The summed E-state index contributed by atoms with van der Waals surface area (Å²) in [5, 5.41) is 16.0. The first kappa shape index (κ1) is 20.0. The molecule has 2 aromatic carbocycles. The Bertz CT molecular complexity index is 1020. The number of halogens is 1. The maximum absolute atomic E-state index is 12.5. The van der Waals surface area contributed by atoms with Crippen LogP contribution in [0.2, 0.25) is 5.02 Å². The molecule has 1 N–H and O–H groups in total. The number of non-ortho nitro benzene ring substituents is 1. The van der Waals surface area contributed by atoms with Gasteiger partial charge in [0.05, 0.1) is 21.2 Å². The van der Waals surface area contributed by atoms with Crippen LogP contribution in [0, 0.1) is 10.1 Å². The predicted molar refractivity (Wildman–Crippen MR) is 112 cm³/mol. The molecule has 0 aliphatic rings. The number of rotatable bonds is 6. The lowest BCUT2D eigenvalue weighted by molar-refractivity contribution is -0.384.